The number of morpholine rings is 1. The Bertz CT molecular complexity index is 1090. The number of amides is 4. The van der Waals surface area contributed by atoms with Gasteiger partial charge in [-0.05, 0) is 65.2 Å². The highest BCUT2D eigenvalue weighted by Crippen LogP contribution is 2.25. The molecule has 182 valence electrons. The molecule has 1 fully saturated rings. The predicted octanol–water partition coefficient (Wildman–Crippen LogP) is 2.79. The lowest BCUT2D eigenvalue weighted by molar-refractivity contribution is -0.129. The van der Waals surface area contributed by atoms with Crippen LogP contribution in [0.3, 0.4) is 0 Å². The molecule has 1 atom stereocenters. The molecule has 2 heterocycles. The first-order valence-corrected chi connectivity index (χ1v) is 12.3. The topological polar surface area (TPSA) is 108 Å². The number of anilines is 2. The molecule has 4 amide bonds. The lowest BCUT2D eigenvalue weighted by Crippen LogP contribution is -2.44. The summed E-state index contributed by atoms with van der Waals surface area (Å²) in [6, 6.07) is 7.78. The van der Waals surface area contributed by atoms with Gasteiger partial charge in [0.25, 0.3) is 11.8 Å². The maximum atomic E-state index is 13.1. The van der Waals surface area contributed by atoms with Crippen molar-refractivity contribution < 1.29 is 23.9 Å². The Labute approximate surface area is 210 Å². The number of thiophene rings is 1. The number of ether oxygens (including phenoxy) is 1. The van der Waals surface area contributed by atoms with Gasteiger partial charge in [0.05, 0.1) is 15.3 Å². The van der Waals surface area contributed by atoms with Crippen molar-refractivity contribution in [3.8, 4) is 0 Å². The number of hydrogen-bond acceptors (Lipinski definition) is 6. The van der Waals surface area contributed by atoms with Gasteiger partial charge < -0.3 is 25.2 Å². The molecule has 1 aliphatic rings. The molecule has 1 saturated heterocycles. The van der Waals surface area contributed by atoms with Crippen LogP contribution in [0.2, 0.25) is 0 Å². The fraction of sp³-hybridized carbons (Fsp3) is 0.391. The van der Waals surface area contributed by atoms with Crippen molar-refractivity contribution in [2.45, 2.75) is 25.8 Å². The molecule has 1 unspecified atom stereocenters. The summed E-state index contributed by atoms with van der Waals surface area (Å²) in [5.74, 6) is -1.06. The molecule has 0 aliphatic carbocycles. The summed E-state index contributed by atoms with van der Waals surface area (Å²) < 4.78 is 5.99. The van der Waals surface area contributed by atoms with Crippen molar-refractivity contribution in [1.29, 1.82) is 0 Å². The van der Waals surface area contributed by atoms with E-state index in [0.29, 0.717) is 23.7 Å². The second-order valence-electron chi connectivity index (χ2n) is 8.05. The SMILES string of the molecule is Cc1cc(NC(=O)C(CCC(=O)N(C)C)NC(=O)c2ccc(Br)s2)ccc1N1CCOCC1=O. The zero-order chi connectivity index (χ0) is 24.8. The van der Waals surface area contributed by atoms with E-state index in [2.05, 4.69) is 26.6 Å². The number of carbonyl (C=O) groups excluding carboxylic acids is 4. The molecule has 9 nitrogen and oxygen atoms in total. The Morgan fingerprint density at radius 1 is 1.24 bits per heavy atom. The van der Waals surface area contributed by atoms with Crippen molar-refractivity contribution in [2.24, 2.45) is 0 Å². The second kappa shape index (κ2) is 11.6. The average molecular weight is 551 g/mol. The second-order valence-corrected chi connectivity index (χ2v) is 10.5. The fourth-order valence-corrected chi connectivity index (χ4v) is 4.75. The highest BCUT2D eigenvalue weighted by Gasteiger charge is 2.25. The number of hydrogen-bond donors (Lipinski definition) is 2. The normalized spacial score (nSPS) is 14.5. The van der Waals surface area contributed by atoms with Crippen LogP contribution in [0.25, 0.3) is 0 Å². The lowest BCUT2D eigenvalue weighted by Gasteiger charge is -2.28. The standard InChI is InChI=1S/C23H27BrN4O5S/c1-14-12-15(4-6-17(14)28-10-11-33-13-21(28)30)25-22(31)16(5-9-20(29)27(2)3)26-23(32)18-7-8-19(24)34-18/h4,6-8,12,16H,5,9-11,13H2,1-3H3,(H,25,31)(H,26,32). The third-order valence-corrected chi connectivity index (χ3v) is 6.93. The monoisotopic (exact) mass is 550 g/mol. The van der Waals surface area contributed by atoms with Crippen molar-refractivity contribution in [2.75, 3.05) is 44.1 Å². The molecule has 2 N–H and O–H groups in total. The first-order chi connectivity index (χ1) is 16.2. The minimum Gasteiger partial charge on any atom is -0.370 e. The van der Waals surface area contributed by atoms with Gasteiger partial charge in [0.15, 0.2) is 0 Å². The molecule has 2 aromatic rings. The Kier molecular flexibility index (Phi) is 8.81. The minimum atomic E-state index is -0.905. The van der Waals surface area contributed by atoms with Crippen LogP contribution in [-0.4, -0.2) is 68.4 Å². The maximum Gasteiger partial charge on any atom is 0.262 e. The summed E-state index contributed by atoms with van der Waals surface area (Å²) in [5.41, 5.74) is 2.11. The molecule has 0 saturated carbocycles. The van der Waals surface area contributed by atoms with Crippen molar-refractivity contribution in [1.82, 2.24) is 10.2 Å². The first kappa shape index (κ1) is 25.9. The van der Waals surface area contributed by atoms with Gasteiger partial charge in [0.2, 0.25) is 11.8 Å². The van der Waals surface area contributed by atoms with E-state index in [4.69, 9.17) is 4.74 Å². The number of rotatable bonds is 8. The highest BCUT2D eigenvalue weighted by atomic mass is 79.9. The van der Waals surface area contributed by atoms with Gasteiger partial charge in [-0.25, -0.2) is 0 Å². The molecular weight excluding hydrogens is 524 g/mol. The predicted molar refractivity (Wildman–Crippen MR) is 134 cm³/mol. The Balaban J connectivity index is 1.73. The number of benzene rings is 1. The summed E-state index contributed by atoms with van der Waals surface area (Å²) in [4.78, 5) is 53.5. The van der Waals surface area contributed by atoms with Crippen LogP contribution in [0.5, 0.6) is 0 Å². The maximum absolute atomic E-state index is 13.1. The lowest BCUT2D eigenvalue weighted by atomic mass is 10.1. The Hall–Kier alpha value is -2.76. The van der Waals surface area contributed by atoms with Gasteiger partial charge >= 0.3 is 0 Å². The van der Waals surface area contributed by atoms with E-state index >= 15 is 0 Å². The molecule has 0 bridgehead atoms. The molecule has 0 radical (unpaired) electrons. The zero-order valence-corrected chi connectivity index (χ0v) is 21.6. The molecule has 1 aliphatic heterocycles. The fourth-order valence-electron chi connectivity index (χ4n) is 3.46. The third-order valence-electron chi connectivity index (χ3n) is 5.31. The van der Waals surface area contributed by atoms with Crippen molar-refractivity contribution in [3.63, 3.8) is 0 Å². The van der Waals surface area contributed by atoms with E-state index in [0.717, 1.165) is 15.0 Å². The van der Waals surface area contributed by atoms with E-state index in [-0.39, 0.29) is 37.2 Å². The summed E-state index contributed by atoms with van der Waals surface area (Å²) >= 11 is 4.58. The zero-order valence-electron chi connectivity index (χ0n) is 19.2. The van der Waals surface area contributed by atoms with E-state index < -0.39 is 11.9 Å². The van der Waals surface area contributed by atoms with Crippen LogP contribution >= 0.6 is 27.3 Å². The van der Waals surface area contributed by atoms with Gasteiger partial charge in [-0.15, -0.1) is 11.3 Å². The molecule has 1 aromatic carbocycles. The van der Waals surface area contributed by atoms with Crippen LogP contribution < -0.4 is 15.5 Å². The van der Waals surface area contributed by atoms with E-state index in [1.807, 2.05) is 6.92 Å². The number of nitrogens with one attached hydrogen (secondary N) is 2. The van der Waals surface area contributed by atoms with Crippen LogP contribution in [0.15, 0.2) is 34.1 Å². The van der Waals surface area contributed by atoms with Crippen LogP contribution in [0.1, 0.15) is 28.1 Å². The van der Waals surface area contributed by atoms with E-state index in [1.165, 1.54) is 16.2 Å². The molecule has 1 aromatic heterocycles. The molecule has 3 rings (SSSR count). The van der Waals surface area contributed by atoms with Gasteiger partial charge in [0.1, 0.15) is 12.6 Å². The first-order valence-electron chi connectivity index (χ1n) is 10.7. The Morgan fingerprint density at radius 3 is 2.62 bits per heavy atom. The highest BCUT2D eigenvalue weighted by molar-refractivity contribution is 9.11. The van der Waals surface area contributed by atoms with E-state index in [1.54, 1.807) is 49.3 Å². The van der Waals surface area contributed by atoms with Crippen molar-refractivity contribution >= 4 is 62.3 Å². The number of halogens is 1. The van der Waals surface area contributed by atoms with Crippen LogP contribution in [-0.2, 0) is 19.1 Å². The van der Waals surface area contributed by atoms with Gasteiger partial charge in [0, 0.05) is 38.4 Å². The van der Waals surface area contributed by atoms with E-state index in [9.17, 15) is 19.2 Å². The summed E-state index contributed by atoms with van der Waals surface area (Å²) in [6.07, 6.45) is 0.261. The summed E-state index contributed by atoms with van der Waals surface area (Å²) in [7, 11) is 3.28. The van der Waals surface area contributed by atoms with Gasteiger partial charge in [-0.3, -0.25) is 19.2 Å². The van der Waals surface area contributed by atoms with Crippen molar-refractivity contribution in [3.05, 3.63) is 44.6 Å². The smallest absolute Gasteiger partial charge is 0.262 e. The summed E-state index contributed by atoms with van der Waals surface area (Å²) in [6.45, 7) is 2.85. The third kappa shape index (κ3) is 6.64. The number of aryl methyl sites for hydroxylation is 1. The largest absolute Gasteiger partial charge is 0.370 e. The molecular formula is C23H27BrN4O5S. The number of nitrogens with zero attached hydrogens (tertiary/aromatic N) is 2. The van der Waals surface area contributed by atoms with Gasteiger partial charge in [-0.1, -0.05) is 0 Å². The van der Waals surface area contributed by atoms with Crippen LogP contribution in [0, 0.1) is 6.92 Å². The summed E-state index contributed by atoms with van der Waals surface area (Å²) in [5, 5.41) is 5.57. The molecule has 11 heteroatoms. The quantitative estimate of drug-likeness (QED) is 0.525. The molecule has 34 heavy (non-hydrogen) atoms. The van der Waals surface area contributed by atoms with Gasteiger partial charge in [-0.2, -0.15) is 0 Å². The molecule has 0 spiro atoms. The van der Waals surface area contributed by atoms with Crippen LogP contribution in [0.4, 0.5) is 11.4 Å². The number of carbonyl (C=O) groups is 4. The Morgan fingerprint density at radius 2 is 2.00 bits per heavy atom. The minimum absolute atomic E-state index is 0.0474. The average Bonchev–Trinajstić information content (AvgIpc) is 3.23.